The number of carbonyl (C=O) groups excluding carboxylic acids is 1. The van der Waals surface area contributed by atoms with Gasteiger partial charge in [0.2, 0.25) is 0 Å². The molecule has 0 saturated carbocycles. The molecule has 0 spiro atoms. The van der Waals surface area contributed by atoms with Crippen molar-refractivity contribution in [1.82, 2.24) is 5.32 Å². The van der Waals surface area contributed by atoms with Gasteiger partial charge in [0, 0.05) is 30.0 Å². The molecule has 3 N–H and O–H groups in total. The van der Waals surface area contributed by atoms with Gasteiger partial charge in [-0.15, -0.1) is 0 Å². The summed E-state index contributed by atoms with van der Waals surface area (Å²) in [6.07, 6.45) is -0.0921. The molecule has 3 rings (SSSR count). The Morgan fingerprint density at radius 2 is 1.64 bits per heavy atom. The fourth-order valence-electron chi connectivity index (χ4n) is 3.38. The molecule has 1 heterocycles. The van der Waals surface area contributed by atoms with Gasteiger partial charge in [0.25, 0.3) is 9.70 Å². The third-order valence-electron chi connectivity index (χ3n) is 5.12. The molecule has 0 bridgehead atoms. The standard InChI is InChI=1S/C23H26Cl3NO5S/c24-23(25,26)22(30)27-12-15-1-7-18(8-2-15)21-31-19(14-33-10-9-28)11-20(32-21)17-5-3-16(13-29)4-6-17/h1-8,19-21,28-29H,9-14H2,(H,27,30)/t19-,20+,21+/m1/s1. The number of benzene rings is 2. The number of ether oxygens (including phenoxy) is 2. The quantitative estimate of drug-likeness (QED) is 0.326. The van der Waals surface area contributed by atoms with Crippen molar-refractivity contribution < 1.29 is 24.5 Å². The Kier molecular flexibility index (Phi) is 10.2. The molecule has 0 unspecified atom stereocenters. The number of alkyl halides is 3. The SMILES string of the molecule is O=C(NCc1ccc([C@H]2O[C@@H](CSCCO)C[C@@H](c3ccc(CO)cc3)O2)cc1)C(Cl)(Cl)Cl. The third-order valence-corrected chi connectivity index (χ3v) is 6.71. The van der Waals surface area contributed by atoms with Crippen molar-refractivity contribution in [3.05, 3.63) is 70.8 Å². The average molecular weight is 535 g/mol. The molecule has 6 nitrogen and oxygen atoms in total. The van der Waals surface area contributed by atoms with Gasteiger partial charge in [0.15, 0.2) is 6.29 Å². The number of amides is 1. The number of thioether (sulfide) groups is 1. The first-order valence-corrected chi connectivity index (χ1v) is 12.7. The maximum absolute atomic E-state index is 11.7. The van der Waals surface area contributed by atoms with E-state index in [1.54, 1.807) is 11.8 Å². The summed E-state index contributed by atoms with van der Waals surface area (Å²) in [5.74, 6) is 0.705. The number of aliphatic hydroxyl groups excluding tert-OH is 2. The van der Waals surface area contributed by atoms with E-state index >= 15 is 0 Å². The molecule has 2 aromatic carbocycles. The minimum absolute atomic E-state index is 0.00751. The van der Waals surface area contributed by atoms with Crippen LogP contribution in [0.25, 0.3) is 0 Å². The molecular formula is C23H26Cl3NO5S. The van der Waals surface area contributed by atoms with Crippen molar-refractivity contribution in [2.24, 2.45) is 0 Å². The molecule has 1 aliphatic rings. The summed E-state index contributed by atoms with van der Waals surface area (Å²) in [7, 11) is 0. The summed E-state index contributed by atoms with van der Waals surface area (Å²) in [5.41, 5.74) is 3.54. The van der Waals surface area contributed by atoms with Gasteiger partial charge in [-0.05, 0) is 16.7 Å². The summed E-state index contributed by atoms with van der Waals surface area (Å²) in [6, 6.07) is 15.2. The summed E-state index contributed by atoms with van der Waals surface area (Å²) in [5, 5.41) is 21.0. The first-order valence-electron chi connectivity index (χ1n) is 10.4. The van der Waals surface area contributed by atoms with E-state index in [2.05, 4.69) is 5.32 Å². The molecule has 180 valence electrons. The highest BCUT2D eigenvalue weighted by Gasteiger charge is 2.32. The number of aliphatic hydroxyl groups is 2. The van der Waals surface area contributed by atoms with E-state index in [4.69, 9.17) is 49.4 Å². The Morgan fingerprint density at radius 1 is 1.00 bits per heavy atom. The highest BCUT2D eigenvalue weighted by molar-refractivity contribution is 7.99. The maximum atomic E-state index is 11.7. The van der Waals surface area contributed by atoms with Crippen LogP contribution < -0.4 is 5.32 Å². The van der Waals surface area contributed by atoms with Crippen LogP contribution in [0.1, 0.15) is 41.1 Å². The van der Waals surface area contributed by atoms with Crippen LogP contribution in [0.15, 0.2) is 48.5 Å². The zero-order chi connectivity index (χ0) is 23.8. The topological polar surface area (TPSA) is 88.0 Å². The molecular weight excluding hydrogens is 509 g/mol. The lowest BCUT2D eigenvalue weighted by Crippen LogP contribution is -2.34. The second kappa shape index (κ2) is 12.6. The van der Waals surface area contributed by atoms with E-state index in [9.17, 15) is 9.90 Å². The number of nitrogens with one attached hydrogen (secondary N) is 1. The van der Waals surface area contributed by atoms with Crippen LogP contribution in [0.2, 0.25) is 0 Å². The first kappa shape index (κ1) is 26.6. The molecule has 1 amide bonds. The van der Waals surface area contributed by atoms with Crippen molar-refractivity contribution in [1.29, 1.82) is 0 Å². The van der Waals surface area contributed by atoms with Crippen LogP contribution in [0.5, 0.6) is 0 Å². The van der Waals surface area contributed by atoms with Gasteiger partial charge in [-0.2, -0.15) is 11.8 Å². The van der Waals surface area contributed by atoms with E-state index in [0.29, 0.717) is 12.2 Å². The van der Waals surface area contributed by atoms with E-state index in [1.807, 2.05) is 48.5 Å². The maximum Gasteiger partial charge on any atom is 0.272 e. The van der Waals surface area contributed by atoms with Crippen LogP contribution in [0.4, 0.5) is 0 Å². The number of halogens is 3. The monoisotopic (exact) mass is 533 g/mol. The molecule has 1 aliphatic heterocycles. The zero-order valence-corrected chi connectivity index (χ0v) is 20.8. The normalized spacial score (nSPS) is 21.1. The molecule has 1 saturated heterocycles. The van der Waals surface area contributed by atoms with E-state index in [1.165, 1.54) is 0 Å². The zero-order valence-electron chi connectivity index (χ0n) is 17.8. The van der Waals surface area contributed by atoms with Crippen LogP contribution in [-0.4, -0.2) is 44.1 Å². The van der Waals surface area contributed by atoms with E-state index in [-0.39, 0.29) is 32.0 Å². The highest BCUT2D eigenvalue weighted by atomic mass is 35.6. The number of hydrogen-bond acceptors (Lipinski definition) is 6. The molecule has 10 heteroatoms. The molecule has 2 aromatic rings. The van der Waals surface area contributed by atoms with Gasteiger partial charge >= 0.3 is 0 Å². The lowest BCUT2D eigenvalue weighted by molar-refractivity contribution is -0.245. The molecule has 0 radical (unpaired) electrons. The lowest BCUT2D eigenvalue weighted by atomic mass is 10.0. The second-order valence-corrected chi connectivity index (χ2v) is 11.0. The predicted octanol–water partition coefficient (Wildman–Crippen LogP) is 4.44. The van der Waals surface area contributed by atoms with Crippen LogP contribution in [0.3, 0.4) is 0 Å². The summed E-state index contributed by atoms with van der Waals surface area (Å²) >= 11 is 18.4. The van der Waals surface area contributed by atoms with Crippen molar-refractivity contribution in [2.75, 3.05) is 18.1 Å². The van der Waals surface area contributed by atoms with Crippen molar-refractivity contribution in [3.63, 3.8) is 0 Å². The molecule has 0 aromatic heterocycles. The van der Waals surface area contributed by atoms with Gasteiger partial charge in [-0.3, -0.25) is 4.79 Å². The van der Waals surface area contributed by atoms with Crippen LogP contribution >= 0.6 is 46.6 Å². The van der Waals surface area contributed by atoms with Gasteiger partial charge < -0.3 is 25.0 Å². The molecule has 33 heavy (non-hydrogen) atoms. The fraction of sp³-hybridized carbons (Fsp3) is 0.435. The molecule has 3 atom stereocenters. The van der Waals surface area contributed by atoms with Crippen molar-refractivity contribution >= 4 is 52.5 Å². The molecule has 0 aliphatic carbocycles. The number of carbonyl (C=O) groups is 1. The second-order valence-electron chi connectivity index (χ2n) is 7.57. The summed E-state index contributed by atoms with van der Waals surface area (Å²) in [6.45, 7) is 0.339. The Labute approximate surface area is 212 Å². The predicted molar refractivity (Wildman–Crippen MR) is 131 cm³/mol. The average Bonchev–Trinajstić information content (AvgIpc) is 2.82. The Hall–Kier alpha value is -1.03. The first-order chi connectivity index (χ1) is 15.8. The van der Waals surface area contributed by atoms with Gasteiger partial charge in [0.05, 0.1) is 25.4 Å². The Bertz CT molecular complexity index is 892. The van der Waals surface area contributed by atoms with Crippen molar-refractivity contribution in [3.8, 4) is 0 Å². The van der Waals surface area contributed by atoms with Crippen LogP contribution in [0, 0.1) is 0 Å². The molecule has 1 fully saturated rings. The van der Waals surface area contributed by atoms with E-state index in [0.717, 1.165) is 28.0 Å². The minimum Gasteiger partial charge on any atom is -0.396 e. The van der Waals surface area contributed by atoms with Gasteiger partial charge in [0.1, 0.15) is 0 Å². The Morgan fingerprint density at radius 3 is 2.24 bits per heavy atom. The Balaban J connectivity index is 1.70. The summed E-state index contributed by atoms with van der Waals surface area (Å²) in [4.78, 5) is 11.7. The number of hydrogen-bond donors (Lipinski definition) is 3. The third kappa shape index (κ3) is 8.01. The van der Waals surface area contributed by atoms with E-state index < -0.39 is 16.0 Å². The number of rotatable bonds is 9. The fourth-order valence-corrected chi connectivity index (χ4v) is 4.35. The summed E-state index contributed by atoms with van der Waals surface area (Å²) < 4.78 is 10.5. The van der Waals surface area contributed by atoms with Crippen molar-refractivity contribution in [2.45, 2.75) is 41.9 Å². The van der Waals surface area contributed by atoms with Crippen LogP contribution in [-0.2, 0) is 27.4 Å². The van der Waals surface area contributed by atoms with Gasteiger partial charge in [-0.25, -0.2) is 0 Å². The minimum atomic E-state index is -2.00. The smallest absolute Gasteiger partial charge is 0.272 e. The highest BCUT2D eigenvalue weighted by Crippen LogP contribution is 2.38. The van der Waals surface area contributed by atoms with Gasteiger partial charge in [-0.1, -0.05) is 83.3 Å². The largest absolute Gasteiger partial charge is 0.396 e. The lowest BCUT2D eigenvalue weighted by Gasteiger charge is -2.36.